The highest BCUT2D eigenvalue weighted by Crippen LogP contribution is 2.28. The maximum absolute atomic E-state index is 12.2. The molecule has 1 saturated heterocycles. The second-order valence-corrected chi connectivity index (χ2v) is 7.38. The minimum Gasteiger partial charge on any atom is -0.489 e. The first-order valence-corrected chi connectivity index (χ1v) is 9.59. The van der Waals surface area contributed by atoms with Gasteiger partial charge < -0.3 is 20.3 Å². The summed E-state index contributed by atoms with van der Waals surface area (Å²) in [5.74, 6) is 0.468. The van der Waals surface area contributed by atoms with Crippen LogP contribution in [0.4, 0.5) is 0 Å². The second-order valence-electron chi connectivity index (χ2n) is 6.97. The molecule has 2 amide bonds. The first kappa shape index (κ1) is 21.5. The fourth-order valence-corrected chi connectivity index (χ4v) is 3.10. The van der Waals surface area contributed by atoms with Gasteiger partial charge in [0.2, 0.25) is 5.91 Å². The molecule has 8 heteroatoms. The molecular formula is C19H29ClN4O3. The van der Waals surface area contributed by atoms with E-state index in [4.69, 9.17) is 16.3 Å². The van der Waals surface area contributed by atoms with Crippen LogP contribution in [0, 0.1) is 0 Å². The SMILES string of the molecule is CNC(=O)CN1CCC(Oc2ccc(C(=O)NCCN(C)C)cc2Cl)CC1. The quantitative estimate of drug-likeness (QED) is 0.691. The molecule has 2 N–H and O–H groups in total. The van der Waals surface area contributed by atoms with Crippen molar-refractivity contribution in [1.29, 1.82) is 0 Å². The van der Waals surface area contributed by atoms with E-state index in [-0.39, 0.29) is 17.9 Å². The highest BCUT2D eigenvalue weighted by molar-refractivity contribution is 6.32. The molecule has 1 fully saturated rings. The number of hydrogen-bond acceptors (Lipinski definition) is 5. The van der Waals surface area contributed by atoms with Crippen LogP contribution < -0.4 is 15.4 Å². The zero-order chi connectivity index (χ0) is 19.8. The molecule has 0 atom stereocenters. The van der Waals surface area contributed by atoms with Crippen LogP contribution in [0.5, 0.6) is 5.75 Å². The maximum atomic E-state index is 12.2. The van der Waals surface area contributed by atoms with Gasteiger partial charge in [-0.15, -0.1) is 0 Å². The van der Waals surface area contributed by atoms with Crippen molar-refractivity contribution in [3.05, 3.63) is 28.8 Å². The third-order valence-electron chi connectivity index (χ3n) is 4.51. The Morgan fingerprint density at radius 1 is 1.30 bits per heavy atom. The molecule has 2 rings (SSSR count). The van der Waals surface area contributed by atoms with Crippen LogP contribution in [0.2, 0.25) is 5.02 Å². The molecular weight excluding hydrogens is 368 g/mol. The molecule has 1 aliphatic rings. The lowest BCUT2D eigenvalue weighted by atomic mass is 10.1. The van der Waals surface area contributed by atoms with Crippen molar-refractivity contribution in [3.63, 3.8) is 0 Å². The number of likely N-dealkylation sites (N-methyl/N-ethyl adjacent to an activating group) is 2. The monoisotopic (exact) mass is 396 g/mol. The molecule has 150 valence electrons. The largest absolute Gasteiger partial charge is 0.489 e. The van der Waals surface area contributed by atoms with E-state index in [0.29, 0.717) is 29.4 Å². The van der Waals surface area contributed by atoms with Crippen molar-refractivity contribution in [3.8, 4) is 5.75 Å². The van der Waals surface area contributed by atoms with Gasteiger partial charge in [-0.3, -0.25) is 14.5 Å². The summed E-state index contributed by atoms with van der Waals surface area (Å²) >= 11 is 6.32. The molecule has 1 aromatic carbocycles. The summed E-state index contributed by atoms with van der Waals surface area (Å²) in [7, 11) is 5.56. The number of likely N-dealkylation sites (tertiary alicyclic amines) is 1. The van der Waals surface area contributed by atoms with Gasteiger partial charge in [0.25, 0.3) is 5.91 Å². The summed E-state index contributed by atoms with van der Waals surface area (Å²) < 4.78 is 6.02. The van der Waals surface area contributed by atoms with Crippen molar-refractivity contribution in [2.45, 2.75) is 18.9 Å². The number of ether oxygens (including phenoxy) is 1. The first-order chi connectivity index (χ1) is 12.9. The van der Waals surface area contributed by atoms with Crippen molar-refractivity contribution in [1.82, 2.24) is 20.4 Å². The Morgan fingerprint density at radius 3 is 2.59 bits per heavy atom. The molecule has 1 aromatic rings. The lowest BCUT2D eigenvalue weighted by Gasteiger charge is -2.31. The molecule has 7 nitrogen and oxygen atoms in total. The summed E-state index contributed by atoms with van der Waals surface area (Å²) in [4.78, 5) is 27.7. The van der Waals surface area contributed by atoms with Crippen LogP contribution in [0.15, 0.2) is 18.2 Å². The van der Waals surface area contributed by atoms with E-state index >= 15 is 0 Å². The Labute approximate surface area is 166 Å². The van der Waals surface area contributed by atoms with Crippen LogP contribution in [-0.2, 0) is 4.79 Å². The highest BCUT2D eigenvalue weighted by atomic mass is 35.5. The van der Waals surface area contributed by atoms with Crippen LogP contribution in [0.1, 0.15) is 23.2 Å². The van der Waals surface area contributed by atoms with Crippen molar-refractivity contribution < 1.29 is 14.3 Å². The van der Waals surface area contributed by atoms with Gasteiger partial charge in [0.1, 0.15) is 11.9 Å². The number of nitrogens with one attached hydrogen (secondary N) is 2. The summed E-state index contributed by atoms with van der Waals surface area (Å²) in [6.07, 6.45) is 1.73. The van der Waals surface area contributed by atoms with Gasteiger partial charge in [-0.25, -0.2) is 0 Å². The van der Waals surface area contributed by atoms with E-state index in [0.717, 1.165) is 32.5 Å². The number of nitrogens with zero attached hydrogens (tertiary/aromatic N) is 2. The van der Waals surface area contributed by atoms with Gasteiger partial charge >= 0.3 is 0 Å². The molecule has 0 unspecified atom stereocenters. The molecule has 1 aliphatic heterocycles. The minimum absolute atomic E-state index is 0.0249. The predicted molar refractivity (Wildman–Crippen MR) is 106 cm³/mol. The molecule has 0 saturated carbocycles. The average molecular weight is 397 g/mol. The summed E-state index contributed by atoms with van der Waals surface area (Å²) in [6, 6.07) is 5.12. The molecule has 0 spiro atoms. The number of carbonyl (C=O) groups excluding carboxylic acids is 2. The number of rotatable bonds is 8. The van der Waals surface area contributed by atoms with Gasteiger partial charge in [-0.05, 0) is 45.1 Å². The lowest BCUT2D eigenvalue weighted by molar-refractivity contribution is -0.122. The molecule has 0 aromatic heterocycles. The Kier molecular flexibility index (Phi) is 8.34. The van der Waals surface area contributed by atoms with E-state index in [1.807, 2.05) is 19.0 Å². The molecule has 1 heterocycles. The number of piperidine rings is 1. The number of carbonyl (C=O) groups is 2. The van der Waals surface area contributed by atoms with Gasteiger partial charge in [0.15, 0.2) is 0 Å². The van der Waals surface area contributed by atoms with E-state index in [2.05, 4.69) is 15.5 Å². The van der Waals surface area contributed by atoms with Gasteiger partial charge in [0, 0.05) is 38.8 Å². The van der Waals surface area contributed by atoms with Crippen LogP contribution in [0.25, 0.3) is 0 Å². The fraction of sp³-hybridized carbons (Fsp3) is 0.579. The minimum atomic E-state index is -0.146. The second kappa shape index (κ2) is 10.5. The van der Waals surface area contributed by atoms with Crippen LogP contribution in [0.3, 0.4) is 0 Å². The van der Waals surface area contributed by atoms with Crippen molar-refractivity contribution >= 4 is 23.4 Å². The topological polar surface area (TPSA) is 73.9 Å². The van der Waals surface area contributed by atoms with E-state index < -0.39 is 0 Å². The zero-order valence-electron chi connectivity index (χ0n) is 16.3. The van der Waals surface area contributed by atoms with Crippen molar-refractivity contribution in [2.75, 3.05) is 53.9 Å². The molecule has 0 radical (unpaired) electrons. The predicted octanol–water partition coefficient (Wildman–Crippen LogP) is 1.22. The number of amides is 2. The fourth-order valence-electron chi connectivity index (χ4n) is 2.88. The zero-order valence-corrected chi connectivity index (χ0v) is 17.0. The van der Waals surface area contributed by atoms with Crippen LogP contribution >= 0.6 is 11.6 Å². The third-order valence-corrected chi connectivity index (χ3v) is 4.81. The summed E-state index contributed by atoms with van der Waals surface area (Å²) in [5, 5.41) is 5.94. The molecule has 27 heavy (non-hydrogen) atoms. The molecule has 0 aliphatic carbocycles. The average Bonchev–Trinajstić information content (AvgIpc) is 2.64. The first-order valence-electron chi connectivity index (χ1n) is 9.21. The van der Waals surface area contributed by atoms with E-state index in [9.17, 15) is 9.59 Å². The normalized spacial score (nSPS) is 15.6. The Balaban J connectivity index is 1.84. The van der Waals surface area contributed by atoms with Gasteiger partial charge in [-0.1, -0.05) is 11.6 Å². The molecule has 0 bridgehead atoms. The standard InChI is InChI=1S/C19H29ClN4O3/c1-21-18(25)13-24-9-6-15(7-10-24)27-17-5-4-14(12-16(17)20)19(26)22-8-11-23(2)3/h4-5,12,15H,6-11,13H2,1-3H3,(H,21,25)(H,22,26). The maximum Gasteiger partial charge on any atom is 0.251 e. The number of hydrogen-bond donors (Lipinski definition) is 2. The highest BCUT2D eigenvalue weighted by Gasteiger charge is 2.22. The van der Waals surface area contributed by atoms with E-state index in [1.165, 1.54) is 0 Å². The van der Waals surface area contributed by atoms with Gasteiger partial charge in [-0.2, -0.15) is 0 Å². The van der Waals surface area contributed by atoms with E-state index in [1.54, 1.807) is 25.2 Å². The summed E-state index contributed by atoms with van der Waals surface area (Å²) in [5.41, 5.74) is 0.520. The third kappa shape index (κ3) is 7.01. The van der Waals surface area contributed by atoms with Gasteiger partial charge in [0.05, 0.1) is 11.6 Å². The van der Waals surface area contributed by atoms with Crippen LogP contribution in [-0.4, -0.2) is 81.6 Å². The number of halogens is 1. The smallest absolute Gasteiger partial charge is 0.251 e. The summed E-state index contributed by atoms with van der Waals surface area (Å²) in [6.45, 7) is 3.39. The Hall–Kier alpha value is -1.83. The Morgan fingerprint density at radius 2 is 2.00 bits per heavy atom. The lowest BCUT2D eigenvalue weighted by Crippen LogP contribution is -2.43. The number of benzene rings is 1. The Bertz CT molecular complexity index is 646. The van der Waals surface area contributed by atoms with Crippen molar-refractivity contribution in [2.24, 2.45) is 0 Å².